The highest BCUT2D eigenvalue weighted by molar-refractivity contribution is 5.91. The second kappa shape index (κ2) is 10.6. The van der Waals surface area contributed by atoms with Crippen LogP contribution in [-0.4, -0.2) is 36.5 Å². The Morgan fingerprint density at radius 1 is 1.14 bits per heavy atom. The fourth-order valence-corrected chi connectivity index (χ4v) is 1.95. The Bertz CT molecular complexity index is 887. The van der Waals surface area contributed by atoms with Crippen LogP contribution >= 0.6 is 0 Å². The van der Waals surface area contributed by atoms with Gasteiger partial charge in [-0.05, 0) is 38.1 Å². The summed E-state index contributed by atoms with van der Waals surface area (Å²) in [5, 5.41) is 10.6. The van der Waals surface area contributed by atoms with Crippen molar-refractivity contribution in [1.82, 2.24) is 4.98 Å². The normalized spacial score (nSPS) is 10.8. The molecule has 0 aliphatic heterocycles. The number of nitrogen functional groups attached to an aromatic ring is 1. The molecule has 2 rings (SSSR count). The predicted molar refractivity (Wildman–Crippen MR) is 105 cm³/mol. The summed E-state index contributed by atoms with van der Waals surface area (Å²) in [6.45, 7) is 2.89. The van der Waals surface area contributed by atoms with Crippen molar-refractivity contribution in [3.8, 4) is 5.75 Å². The van der Waals surface area contributed by atoms with Crippen LogP contribution in [0.1, 0.15) is 13.8 Å². The lowest BCUT2D eigenvalue weighted by Gasteiger charge is -2.10. The van der Waals surface area contributed by atoms with Crippen molar-refractivity contribution in [2.45, 2.75) is 20.0 Å². The van der Waals surface area contributed by atoms with Crippen molar-refractivity contribution >= 4 is 35.1 Å². The zero-order chi connectivity index (χ0) is 21.2. The van der Waals surface area contributed by atoms with Crippen LogP contribution in [-0.2, 0) is 14.3 Å². The molecule has 154 valence electrons. The highest BCUT2D eigenvalue weighted by Crippen LogP contribution is 2.30. The van der Waals surface area contributed by atoms with Crippen molar-refractivity contribution in [2.75, 3.05) is 24.4 Å². The number of nitrogens with one attached hydrogen (secondary N) is 1. The number of carbonyl (C=O) groups is 2. The fourth-order valence-electron chi connectivity index (χ4n) is 1.95. The van der Waals surface area contributed by atoms with E-state index < -0.39 is 12.1 Å². The van der Waals surface area contributed by atoms with E-state index in [-0.39, 0.29) is 31.1 Å². The van der Waals surface area contributed by atoms with Gasteiger partial charge >= 0.3 is 6.16 Å². The molecule has 0 aliphatic carbocycles. The Morgan fingerprint density at radius 2 is 1.86 bits per heavy atom. The quantitative estimate of drug-likeness (QED) is 0.344. The maximum absolute atomic E-state index is 11.4. The molecule has 0 bridgehead atoms. The lowest BCUT2D eigenvalue weighted by atomic mass is 10.3. The number of nitrogens with two attached hydrogens (primary N) is 2. The van der Waals surface area contributed by atoms with Crippen LogP contribution in [0.25, 0.3) is 0 Å². The minimum atomic E-state index is -0.834. The molecule has 11 heteroatoms. The van der Waals surface area contributed by atoms with E-state index in [0.717, 1.165) is 0 Å². The molecule has 1 aromatic heterocycles. The summed E-state index contributed by atoms with van der Waals surface area (Å²) in [4.78, 5) is 26.7. The van der Waals surface area contributed by atoms with E-state index in [9.17, 15) is 9.59 Å². The van der Waals surface area contributed by atoms with Crippen molar-refractivity contribution in [2.24, 2.45) is 16.0 Å². The number of amides is 1. The van der Waals surface area contributed by atoms with Crippen molar-refractivity contribution in [1.29, 1.82) is 0 Å². The first-order valence-electron chi connectivity index (χ1n) is 8.62. The van der Waals surface area contributed by atoms with E-state index in [0.29, 0.717) is 17.1 Å². The second-order valence-electron chi connectivity index (χ2n) is 5.84. The summed E-state index contributed by atoms with van der Waals surface area (Å²) >= 11 is 0. The average Bonchev–Trinajstić information content (AvgIpc) is 2.67. The summed E-state index contributed by atoms with van der Waals surface area (Å²) in [6, 6.07) is 9.83. The van der Waals surface area contributed by atoms with Crippen LogP contribution in [0.4, 0.5) is 27.8 Å². The molecule has 2 aromatic rings. The Hall–Kier alpha value is -3.73. The standard InChI is InChI=1S/C18H22N6O5/c1-11(2)29-18(26)28-10-27-14-6-4-3-5-12(14)23-24-13-7-8-15(22-17(13)20)21-16(25)9-19/h3-8,11H,9-10,19H2,1-2H3,(H3,20,21,22,25). The van der Waals surface area contributed by atoms with E-state index >= 15 is 0 Å². The molecular weight excluding hydrogens is 380 g/mol. The summed E-state index contributed by atoms with van der Waals surface area (Å²) in [5.74, 6) is 0.275. The number of nitrogens with zero attached hydrogens (tertiary/aromatic N) is 3. The monoisotopic (exact) mass is 402 g/mol. The zero-order valence-corrected chi connectivity index (χ0v) is 16.0. The molecule has 0 saturated carbocycles. The molecule has 11 nitrogen and oxygen atoms in total. The van der Waals surface area contributed by atoms with Gasteiger partial charge in [-0.1, -0.05) is 12.1 Å². The Kier molecular flexibility index (Phi) is 7.86. The van der Waals surface area contributed by atoms with Crippen LogP contribution < -0.4 is 21.5 Å². The van der Waals surface area contributed by atoms with Gasteiger partial charge in [0.2, 0.25) is 12.7 Å². The molecule has 0 fully saturated rings. The van der Waals surface area contributed by atoms with Crippen LogP contribution in [0.5, 0.6) is 5.75 Å². The number of hydrogen-bond donors (Lipinski definition) is 3. The fraction of sp³-hybridized carbons (Fsp3) is 0.278. The van der Waals surface area contributed by atoms with Gasteiger partial charge in [0.25, 0.3) is 0 Å². The summed E-state index contributed by atoms with van der Waals surface area (Å²) in [6.07, 6.45) is -1.13. The molecule has 0 radical (unpaired) electrons. The maximum atomic E-state index is 11.4. The molecule has 1 heterocycles. The lowest BCUT2D eigenvalue weighted by molar-refractivity contribution is -0.114. The minimum absolute atomic E-state index is 0.0711. The third-order valence-corrected chi connectivity index (χ3v) is 3.21. The van der Waals surface area contributed by atoms with E-state index in [4.69, 9.17) is 25.7 Å². The van der Waals surface area contributed by atoms with Gasteiger partial charge in [0.05, 0.1) is 12.6 Å². The zero-order valence-electron chi connectivity index (χ0n) is 16.0. The molecule has 0 unspecified atom stereocenters. The van der Waals surface area contributed by atoms with Crippen LogP contribution in [0.3, 0.4) is 0 Å². The largest absolute Gasteiger partial charge is 0.511 e. The highest BCUT2D eigenvalue weighted by Gasteiger charge is 2.09. The van der Waals surface area contributed by atoms with Crippen molar-refractivity contribution < 1.29 is 23.8 Å². The van der Waals surface area contributed by atoms with E-state index in [1.807, 2.05) is 0 Å². The van der Waals surface area contributed by atoms with Gasteiger partial charge in [-0.2, -0.15) is 0 Å². The molecule has 5 N–H and O–H groups in total. The van der Waals surface area contributed by atoms with Gasteiger partial charge in [0.15, 0.2) is 11.6 Å². The average molecular weight is 402 g/mol. The van der Waals surface area contributed by atoms with Gasteiger partial charge in [-0.3, -0.25) is 4.79 Å². The molecule has 1 amide bonds. The van der Waals surface area contributed by atoms with Crippen LogP contribution in [0, 0.1) is 0 Å². The Labute approximate surface area is 167 Å². The third kappa shape index (κ3) is 7.07. The van der Waals surface area contributed by atoms with E-state index in [1.54, 1.807) is 44.2 Å². The van der Waals surface area contributed by atoms with Crippen LogP contribution in [0.15, 0.2) is 46.6 Å². The molecule has 0 spiro atoms. The predicted octanol–water partition coefficient (Wildman–Crippen LogP) is 2.87. The van der Waals surface area contributed by atoms with Gasteiger partial charge in [-0.25, -0.2) is 9.78 Å². The van der Waals surface area contributed by atoms with Crippen molar-refractivity contribution in [3.63, 3.8) is 0 Å². The number of azo groups is 1. The second-order valence-corrected chi connectivity index (χ2v) is 5.84. The molecule has 29 heavy (non-hydrogen) atoms. The summed E-state index contributed by atoms with van der Waals surface area (Å²) < 4.78 is 15.1. The number of rotatable bonds is 8. The number of aromatic nitrogens is 1. The number of para-hydroxylation sites is 1. The molecular formula is C18H22N6O5. The first kappa shape index (κ1) is 21.6. The first-order chi connectivity index (χ1) is 13.9. The number of benzene rings is 1. The molecule has 0 saturated heterocycles. The number of ether oxygens (including phenoxy) is 3. The van der Waals surface area contributed by atoms with Gasteiger partial charge in [-0.15, -0.1) is 10.2 Å². The SMILES string of the molecule is CC(C)OC(=O)OCOc1ccccc1N=Nc1ccc(NC(=O)CN)nc1N. The number of pyridine rings is 1. The minimum Gasteiger partial charge on any atom is -0.455 e. The smallest absolute Gasteiger partial charge is 0.455 e. The van der Waals surface area contributed by atoms with E-state index in [2.05, 4.69) is 20.5 Å². The van der Waals surface area contributed by atoms with E-state index in [1.165, 1.54) is 6.07 Å². The molecule has 1 aromatic carbocycles. The Morgan fingerprint density at radius 3 is 2.55 bits per heavy atom. The number of carbonyl (C=O) groups excluding carboxylic acids is 2. The van der Waals surface area contributed by atoms with Gasteiger partial charge < -0.3 is 31.0 Å². The number of hydrogen-bond acceptors (Lipinski definition) is 10. The summed E-state index contributed by atoms with van der Waals surface area (Å²) in [7, 11) is 0. The van der Waals surface area contributed by atoms with Crippen LogP contribution in [0.2, 0.25) is 0 Å². The molecule has 0 aliphatic rings. The summed E-state index contributed by atoms with van der Waals surface area (Å²) in [5.41, 5.74) is 11.8. The van der Waals surface area contributed by atoms with Crippen molar-refractivity contribution in [3.05, 3.63) is 36.4 Å². The maximum Gasteiger partial charge on any atom is 0.511 e. The van der Waals surface area contributed by atoms with Gasteiger partial charge in [0.1, 0.15) is 17.2 Å². The lowest BCUT2D eigenvalue weighted by Crippen LogP contribution is -2.22. The van der Waals surface area contributed by atoms with Gasteiger partial charge in [0, 0.05) is 0 Å². The Balaban J connectivity index is 2.04. The molecule has 0 atom stereocenters. The third-order valence-electron chi connectivity index (χ3n) is 3.21. The highest BCUT2D eigenvalue weighted by atomic mass is 16.8. The number of anilines is 2. The first-order valence-corrected chi connectivity index (χ1v) is 8.62. The topological polar surface area (TPSA) is 164 Å².